The van der Waals surface area contributed by atoms with Crippen molar-refractivity contribution in [3.8, 4) is 0 Å². The van der Waals surface area contributed by atoms with Crippen molar-refractivity contribution in [3.63, 3.8) is 0 Å². The molecule has 0 saturated heterocycles. The largest absolute Gasteiger partial charge is 0.393 e. The van der Waals surface area contributed by atoms with Crippen LogP contribution >= 0.6 is 0 Å². The summed E-state index contributed by atoms with van der Waals surface area (Å²) in [5, 5.41) is 16.3. The number of carbonyl (C=O) groups is 1. The number of nitrogens with one attached hydrogen (secondary N) is 1. The Morgan fingerprint density at radius 2 is 2.50 bits per heavy atom. The normalized spacial score (nSPS) is 23.7. The smallest absolute Gasteiger partial charge is 0.244 e. The third kappa shape index (κ3) is 3.70. The second-order valence-electron chi connectivity index (χ2n) is 4.86. The van der Waals surface area contributed by atoms with Gasteiger partial charge < -0.3 is 10.4 Å². The van der Waals surface area contributed by atoms with E-state index < -0.39 is 0 Å². The van der Waals surface area contributed by atoms with Crippen LogP contribution < -0.4 is 5.32 Å². The maximum atomic E-state index is 11.6. The zero-order chi connectivity index (χ0) is 13.0. The highest BCUT2D eigenvalue weighted by Crippen LogP contribution is 2.24. The van der Waals surface area contributed by atoms with E-state index in [0.717, 1.165) is 24.8 Å². The van der Waals surface area contributed by atoms with Gasteiger partial charge in [0.15, 0.2) is 0 Å². The van der Waals surface area contributed by atoms with Crippen molar-refractivity contribution >= 4 is 12.0 Å². The maximum Gasteiger partial charge on any atom is 0.244 e. The molecule has 2 atom stereocenters. The predicted molar refractivity (Wildman–Crippen MR) is 68.6 cm³/mol. The minimum atomic E-state index is -0.183. The molecule has 0 bridgehead atoms. The summed E-state index contributed by atoms with van der Waals surface area (Å²) in [6.07, 6.45) is 9.27. The molecule has 0 radical (unpaired) electrons. The number of nitrogens with zero attached hydrogens (tertiary/aromatic N) is 2. The number of carbonyl (C=O) groups excluding carboxylic acids is 1. The van der Waals surface area contributed by atoms with Crippen molar-refractivity contribution in [1.82, 2.24) is 15.1 Å². The van der Waals surface area contributed by atoms with Gasteiger partial charge in [0.05, 0.1) is 12.3 Å². The van der Waals surface area contributed by atoms with Crippen molar-refractivity contribution < 1.29 is 9.90 Å². The predicted octanol–water partition coefficient (Wildman–Crippen LogP) is 0.710. The Hall–Kier alpha value is -1.62. The Labute approximate surface area is 106 Å². The van der Waals surface area contributed by atoms with E-state index in [2.05, 4.69) is 10.4 Å². The van der Waals surface area contributed by atoms with Crippen LogP contribution in [0.15, 0.2) is 18.5 Å². The van der Waals surface area contributed by atoms with E-state index in [9.17, 15) is 9.90 Å². The van der Waals surface area contributed by atoms with E-state index >= 15 is 0 Å². The Morgan fingerprint density at radius 1 is 1.67 bits per heavy atom. The molecule has 0 aromatic carbocycles. The average Bonchev–Trinajstić information content (AvgIpc) is 2.93. The van der Waals surface area contributed by atoms with Crippen molar-refractivity contribution in [2.45, 2.75) is 25.4 Å². The number of aliphatic hydroxyl groups excluding tert-OH is 1. The summed E-state index contributed by atoms with van der Waals surface area (Å²) >= 11 is 0. The average molecular weight is 249 g/mol. The SMILES string of the molecule is Cn1cc(/C=C/C(=O)NCC2CCC(O)C2)cn1. The van der Waals surface area contributed by atoms with Crippen LogP contribution in [0.2, 0.25) is 0 Å². The highest BCUT2D eigenvalue weighted by molar-refractivity contribution is 5.91. The highest BCUT2D eigenvalue weighted by Gasteiger charge is 2.22. The fraction of sp³-hybridized carbons (Fsp3) is 0.538. The van der Waals surface area contributed by atoms with Gasteiger partial charge in [0, 0.05) is 31.4 Å². The molecule has 98 valence electrons. The monoisotopic (exact) mass is 249 g/mol. The van der Waals surface area contributed by atoms with Gasteiger partial charge in [-0.05, 0) is 31.3 Å². The first-order valence-electron chi connectivity index (χ1n) is 6.26. The Kier molecular flexibility index (Phi) is 4.15. The Morgan fingerprint density at radius 3 is 3.11 bits per heavy atom. The van der Waals surface area contributed by atoms with Crippen LogP contribution in [0.4, 0.5) is 0 Å². The Balaban J connectivity index is 1.73. The fourth-order valence-electron chi connectivity index (χ4n) is 2.24. The lowest BCUT2D eigenvalue weighted by Crippen LogP contribution is -2.26. The van der Waals surface area contributed by atoms with Gasteiger partial charge >= 0.3 is 0 Å². The minimum absolute atomic E-state index is 0.0970. The molecule has 1 aromatic heterocycles. The molecule has 1 amide bonds. The topological polar surface area (TPSA) is 67.2 Å². The molecule has 2 N–H and O–H groups in total. The van der Waals surface area contributed by atoms with E-state index in [1.54, 1.807) is 17.0 Å². The lowest BCUT2D eigenvalue weighted by atomic mass is 10.1. The maximum absolute atomic E-state index is 11.6. The van der Waals surface area contributed by atoms with Gasteiger partial charge in [-0.15, -0.1) is 0 Å². The molecule has 0 spiro atoms. The lowest BCUT2D eigenvalue weighted by Gasteiger charge is -2.08. The summed E-state index contributed by atoms with van der Waals surface area (Å²) < 4.78 is 1.69. The molecule has 5 heteroatoms. The molecule has 1 aliphatic carbocycles. The number of aromatic nitrogens is 2. The standard InChI is InChI=1S/C13H19N3O2/c1-16-9-11(8-15-16)3-5-13(18)14-7-10-2-4-12(17)6-10/h3,5,8-10,12,17H,2,4,6-7H2,1H3,(H,14,18)/b5-3+. The van der Waals surface area contributed by atoms with Crippen LogP contribution in [0.3, 0.4) is 0 Å². The third-order valence-electron chi connectivity index (χ3n) is 3.23. The van der Waals surface area contributed by atoms with Crippen LogP contribution in [0.5, 0.6) is 0 Å². The van der Waals surface area contributed by atoms with Gasteiger partial charge in [0.25, 0.3) is 0 Å². The van der Waals surface area contributed by atoms with Crippen LogP contribution in [0, 0.1) is 5.92 Å². The molecule has 1 aromatic rings. The molecular formula is C13H19N3O2. The van der Waals surface area contributed by atoms with E-state index in [-0.39, 0.29) is 12.0 Å². The summed E-state index contributed by atoms with van der Waals surface area (Å²) in [7, 11) is 1.84. The first kappa shape index (κ1) is 12.8. The first-order chi connectivity index (χ1) is 8.63. The van der Waals surface area contributed by atoms with E-state index in [0.29, 0.717) is 12.5 Å². The Bertz CT molecular complexity index is 439. The zero-order valence-electron chi connectivity index (χ0n) is 10.5. The molecule has 2 unspecified atom stereocenters. The van der Waals surface area contributed by atoms with E-state index in [1.165, 1.54) is 6.08 Å². The number of aliphatic hydroxyl groups is 1. The van der Waals surface area contributed by atoms with Crippen molar-refractivity contribution in [2.75, 3.05) is 6.54 Å². The molecular weight excluding hydrogens is 230 g/mol. The zero-order valence-corrected chi connectivity index (χ0v) is 10.5. The number of rotatable bonds is 4. The van der Waals surface area contributed by atoms with Gasteiger partial charge in [0.1, 0.15) is 0 Å². The summed E-state index contributed by atoms with van der Waals surface area (Å²) in [5.41, 5.74) is 0.906. The van der Waals surface area contributed by atoms with Crippen LogP contribution in [0.1, 0.15) is 24.8 Å². The van der Waals surface area contributed by atoms with Crippen molar-refractivity contribution in [1.29, 1.82) is 0 Å². The number of hydrogen-bond donors (Lipinski definition) is 2. The van der Waals surface area contributed by atoms with Gasteiger partial charge in [0.2, 0.25) is 5.91 Å². The fourth-order valence-corrected chi connectivity index (χ4v) is 2.24. The van der Waals surface area contributed by atoms with Gasteiger partial charge in [-0.25, -0.2) is 0 Å². The summed E-state index contributed by atoms with van der Waals surface area (Å²) in [4.78, 5) is 11.6. The van der Waals surface area contributed by atoms with Crippen molar-refractivity contribution in [2.24, 2.45) is 13.0 Å². The van der Waals surface area contributed by atoms with Crippen molar-refractivity contribution in [3.05, 3.63) is 24.0 Å². The number of amides is 1. The number of aryl methyl sites for hydroxylation is 1. The van der Waals surface area contributed by atoms with Crippen LogP contribution in [-0.2, 0) is 11.8 Å². The molecule has 2 rings (SSSR count). The van der Waals surface area contributed by atoms with E-state index in [4.69, 9.17) is 0 Å². The first-order valence-corrected chi connectivity index (χ1v) is 6.26. The summed E-state index contributed by atoms with van der Waals surface area (Å²) in [6.45, 7) is 0.646. The second kappa shape index (κ2) is 5.82. The van der Waals surface area contributed by atoms with Gasteiger partial charge in [-0.3, -0.25) is 9.48 Å². The molecule has 5 nitrogen and oxygen atoms in total. The second-order valence-corrected chi connectivity index (χ2v) is 4.86. The molecule has 1 heterocycles. The van der Waals surface area contributed by atoms with Crippen LogP contribution in [-0.4, -0.2) is 33.4 Å². The quantitative estimate of drug-likeness (QED) is 0.772. The third-order valence-corrected chi connectivity index (χ3v) is 3.23. The highest BCUT2D eigenvalue weighted by atomic mass is 16.3. The van der Waals surface area contributed by atoms with Gasteiger partial charge in [-0.1, -0.05) is 0 Å². The molecule has 1 fully saturated rings. The number of hydrogen-bond acceptors (Lipinski definition) is 3. The lowest BCUT2D eigenvalue weighted by molar-refractivity contribution is -0.116. The molecule has 0 aliphatic heterocycles. The summed E-state index contributed by atoms with van der Waals surface area (Å²) in [6, 6.07) is 0. The van der Waals surface area contributed by atoms with Crippen LogP contribution in [0.25, 0.3) is 6.08 Å². The molecule has 18 heavy (non-hydrogen) atoms. The van der Waals surface area contributed by atoms with E-state index in [1.807, 2.05) is 13.2 Å². The minimum Gasteiger partial charge on any atom is -0.393 e. The van der Waals surface area contributed by atoms with Gasteiger partial charge in [-0.2, -0.15) is 5.10 Å². The molecule has 1 aliphatic rings. The summed E-state index contributed by atoms with van der Waals surface area (Å²) in [5.74, 6) is 0.316. The molecule has 1 saturated carbocycles.